The topological polar surface area (TPSA) is 79.6 Å². The highest BCUT2D eigenvalue weighted by molar-refractivity contribution is 7.80. The second-order valence-electron chi connectivity index (χ2n) is 7.86. The van der Waals surface area contributed by atoms with Crippen molar-refractivity contribution in [1.29, 1.82) is 0 Å². The standard InChI is InChI=1S/C26H22N4O3S/c1-33-20-10-5-9-19(16-20)30-24(23(28-26(30)34)21-11-2-3-13-27-21)22-12-6-14-29(22)18-8-4-7-17(15-18)25(31)32/h2-16,23-24H,1H3,(H,28,34)(H,31,32). The highest BCUT2D eigenvalue weighted by Crippen LogP contribution is 2.42. The number of hydrogen-bond acceptors (Lipinski definition) is 4. The second kappa shape index (κ2) is 8.99. The molecule has 2 aromatic heterocycles. The summed E-state index contributed by atoms with van der Waals surface area (Å²) in [4.78, 5) is 18.2. The van der Waals surface area contributed by atoms with Crippen LogP contribution in [0.25, 0.3) is 5.69 Å². The Bertz CT molecular complexity index is 1350. The maximum absolute atomic E-state index is 11.6. The van der Waals surface area contributed by atoms with E-state index in [4.69, 9.17) is 17.0 Å². The van der Waals surface area contributed by atoms with Crippen LogP contribution in [0.15, 0.2) is 91.3 Å². The maximum atomic E-state index is 11.6. The van der Waals surface area contributed by atoms with Gasteiger partial charge in [-0.05, 0) is 66.8 Å². The Kier molecular flexibility index (Phi) is 5.73. The van der Waals surface area contributed by atoms with Gasteiger partial charge in [-0.3, -0.25) is 4.98 Å². The molecule has 2 aromatic carbocycles. The molecule has 0 radical (unpaired) electrons. The molecule has 34 heavy (non-hydrogen) atoms. The van der Waals surface area contributed by atoms with Gasteiger partial charge >= 0.3 is 5.97 Å². The summed E-state index contributed by atoms with van der Waals surface area (Å²) < 4.78 is 7.45. The fourth-order valence-corrected chi connectivity index (χ4v) is 4.70. The lowest BCUT2D eigenvalue weighted by Crippen LogP contribution is -2.30. The number of carboxylic acid groups (broad SMARTS) is 1. The molecule has 0 saturated carbocycles. The van der Waals surface area contributed by atoms with Gasteiger partial charge in [-0.15, -0.1) is 0 Å². The molecule has 170 valence electrons. The third kappa shape index (κ3) is 3.88. The van der Waals surface area contributed by atoms with E-state index in [9.17, 15) is 9.90 Å². The molecule has 3 heterocycles. The Labute approximate surface area is 202 Å². The van der Waals surface area contributed by atoms with E-state index < -0.39 is 5.97 Å². The third-order valence-corrected chi connectivity index (χ3v) is 6.20. The fraction of sp³-hybridized carbons (Fsp3) is 0.115. The van der Waals surface area contributed by atoms with Crippen LogP contribution >= 0.6 is 12.2 Å². The number of thiocarbonyl (C=S) groups is 1. The lowest BCUT2D eigenvalue weighted by molar-refractivity contribution is 0.0697. The molecule has 0 aliphatic carbocycles. The molecule has 1 aliphatic rings. The van der Waals surface area contributed by atoms with Crippen molar-refractivity contribution < 1.29 is 14.6 Å². The SMILES string of the molecule is COc1cccc(N2C(=S)NC(c3ccccn3)C2c2cccn2-c2cccc(C(=O)O)c2)c1. The minimum atomic E-state index is -0.969. The number of nitrogens with one attached hydrogen (secondary N) is 1. The first-order chi connectivity index (χ1) is 16.6. The van der Waals surface area contributed by atoms with Gasteiger partial charge in [-0.1, -0.05) is 18.2 Å². The Morgan fingerprint density at radius 2 is 1.85 bits per heavy atom. The number of carboxylic acids is 1. The summed E-state index contributed by atoms with van der Waals surface area (Å²) in [5.41, 5.74) is 3.65. The number of pyridine rings is 1. The predicted molar refractivity (Wildman–Crippen MR) is 134 cm³/mol. The highest BCUT2D eigenvalue weighted by Gasteiger charge is 2.42. The Balaban J connectivity index is 1.67. The molecule has 1 saturated heterocycles. The molecule has 7 nitrogen and oxygen atoms in total. The third-order valence-electron chi connectivity index (χ3n) is 5.88. The Morgan fingerprint density at radius 3 is 2.62 bits per heavy atom. The molecule has 8 heteroatoms. The van der Waals surface area contributed by atoms with Gasteiger partial charge in [-0.25, -0.2) is 4.79 Å². The number of nitrogens with zero attached hydrogens (tertiary/aromatic N) is 3. The Morgan fingerprint density at radius 1 is 1.03 bits per heavy atom. The smallest absolute Gasteiger partial charge is 0.335 e. The molecule has 0 amide bonds. The summed E-state index contributed by atoms with van der Waals surface area (Å²) in [6.07, 6.45) is 3.69. The van der Waals surface area contributed by atoms with E-state index >= 15 is 0 Å². The molecule has 0 bridgehead atoms. The van der Waals surface area contributed by atoms with E-state index in [1.807, 2.05) is 71.4 Å². The number of rotatable bonds is 6. The van der Waals surface area contributed by atoms with E-state index in [0.717, 1.165) is 28.5 Å². The van der Waals surface area contributed by atoms with Gasteiger partial charge in [0.25, 0.3) is 0 Å². The molecule has 4 aromatic rings. The van der Waals surface area contributed by atoms with Crippen molar-refractivity contribution in [3.05, 3.63) is 108 Å². The number of aromatic nitrogens is 2. The molecule has 1 aliphatic heterocycles. The molecular weight excluding hydrogens is 448 g/mol. The van der Waals surface area contributed by atoms with Crippen molar-refractivity contribution >= 4 is 29.0 Å². The number of benzene rings is 2. The van der Waals surface area contributed by atoms with Crippen molar-refractivity contribution in [2.24, 2.45) is 0 Å². The zero-order valence-electron chi connectivity index (χ0n) is 18.3. The molecule has 5 rings (SSSR count). The number of aromatic carboxylic acids is 1. The predicted octanol–water partition coefficient (Wildman–Crippen LogP) is 4.76. The normalized spacial score (nSPS) is 17.4. The largest absolute Gasteiger partial charge is 0.497 e. The zero-order valence-corrected chi connectivity index (χ0v) is 19.1. The van der Waals surface area contributed by atoms with Crippen molar-refractivity contribution in [3.63, 3.8) is 0 Å². The average Bonchev–Trinajstić information content (AvgIpc) is 3.49. The summed E-state index contributed by atoms with van der Waals surface area (Å²) >= 11 is 5.80. The summed E-state index contributed by atoms with van der Waals surface area (Å²) in [5, 5.41) is 13.5. The van der Waals surface area contributed by atoms with Crippen LogP contribution in [0.1, 0.15) is 33.8 Å². The van der Waals surface area contributed by atoms with E-state index in [0.29, 0.717) is 5.11 Å². The average molecular weight is 471 g/mol. The van der Waals surface area contributed by atoms with Gasteiger partial charge < -0.3 is 24.6 Å². The lowest BCUT2D eigenvalue weighted by atomic mass is 10.0. The van der Waals surface area contributed by atoms with Crippen LogP contribution in [-0.2, 0) is 0 Å². The monoisotopic (exact) mass is 470 g/mol. The summed E-state index contributed by atoms with van der Waals surface area (Å²) in [6.45, 7) is 0. The van der Waals surface area contributed by atoms with E-state index in [-0.39, 0.29) is 17.6 Å². The van der Waals surface area contributed by atoms with Gasteiger partial charge in [-0.2, -0.15) is 0 Å². The van der Waals surface area contributed by atoms with Gasteiger partial charge in [0.15, 0.2) is 5.11 Å². The Hall–Kier alpha value is -4.17. The van der Waals surface area contributed by atoms with Gasteiger partial charge in [0.05, 0.1) is 24.4 Å². The van der Waals surface area contributed by atoms with Gasteiger partial charge in [0.2, 0.25) is 0 Å². The van der Waals surface area contributed by atoms with Crippen molar-refractivity contribution in [3.8, 4) is 11.4 Å². The first-order valence-electron chi connectivity index (χ1n) is 10.7. The van der Waals surface area contributed by atoms with Crippen LogP contribution in [0.3, 0.4) is 0 Å². The summed E-state index contributed by atoms with van der Waals surface area (Å²) in [6, 6.07) is 23.9. The molecular formula is C26H22N4O3S. The van der Waals surface area contributed by atoms with Crippen molar-refractivity contribution in [1.82, 2.24) is 14.9 Å². The number of hydrogen-bond donors (Lipinski definition) is 2. The van der Waals surface area contributed by atoms with Crippen LogP contribution in [0, 0.1) is 0 Å². The van der Waals surface area contributed by atoms with Crippen LogP contribution in [0.2, 0.25) is 0 Å². The van der Waals surface area contributed by atoms with Crippen LogP contribution in [0.4, 0.5) is 5.69 Å². The number of carbonyl (C=O) groups is 1. The van der Waals surface area contributed by atoms with E-state index in [1.54, 1.807) is 31.5 Å². The van der Waals surface area contributed by atoms with Crippen LogP contribution in [0.5, 0.6) is 5.75 Å². The van der Waals surface area contributed by atoms with Gasteiger partial charge in [0.1, 0.15) is 11.8 Å². The fourth-order valence-electron chi connectivity index (χ4n) is 4.35. The summed E-state index contributed by atoms with van der Waals surface area (Å²) in [7, 11) is 1.63. The zero-order chi connectivity index (χ0) is 23.7. The minimum absolute atomic E-state index is 0.225. The molecule has 1 fully saturated rings. The highest BCUT2D eigenvalue weighted by atomic mass is 32.1. The molecule has 0 spiro atoms. The lowest BCUT2D eigenvalue weighted by Gasteiger charge is -2.29. The van der Waals surface area contributed by atoms with E-state index in [1.165, 1.54) is 0 Å². The van der Waals surface area contributed by atoms with E-state index in [2.05, 4.69) is 15.2 Å². The summed E-state index contributed by atoms with van der Waals surface area (Å²) in [5.74, 6) is -0.242. The second-order valence-corrected chi connectivity index (χ2v) is 8.24. The first kappa shape index (κ1) is 21.7. The van der Waals surface area contributed by atoms with Crippen molar-refractivity contribution in [2.45, 2.75) is 12.1 Å². The van der Waals surface area contributed by atoms with Crippen LogP contribution < -0.4 is 15.0 Å². The quantitative estimate of drug-likeness (QED) is 0.394. The van der Waals surface area contributed by atoms with Gasteiger partial charge in [0, 0.05) is 35.5 Å². The van der Waals surface area contributed by atoms with Crippen LogP contribution in [-0.4, -0.2) is 32.8 Å². The first-order valence-corrected chi connectivity index (χ1v) is 11.1. The van der Waals surface area contributed by atoms with Crippen molar-refractivity contribution in [2.75, 3.05) is 12.0 Å². The molecule has 2 N–H and O–H groups in total. The maximum Gasteiger partial charge on any atom is 0.335 e. The molecule has 2 unspecified atom stereocenters. The number of ether oxygens (including phenoxy) is 1. The minimum Gasteiger partial charge on any atom is -0.497 e. The molecule has 2 atom stereocenters. The number of anilines is 1. The number of methoxy groups -OCH3 is 1.